The number of fused-ring (bicyclic) bond motifs is 1. The van der Waals surface area contributed by atoms with Gasteiger partial charge >= 0.3 is 6.03 Å². The fraction of sp³-hybridized carbons (Fsp3) is 0.136. The number of carbonyl (C=O) groups excluding carboxylic acids is 2. The van der Waals surface area contributed by atoms with Crippen LogP contribution in [0.3, 0.4) is 0 Å². The van der Waals surface area contributed by atoms with E-state index in [1.54, 1.807) is 24.5 Å². The molecule has 7 nitrogen and oxygen atoms in total. The summed E-state index contributed by atoms with van der Waals surface area (Å²) < 4.78 is 6.06. The molecule has 0 bridgehead atoms. The molecule has 0 fully saturated rings. The highest BCUT2D eigenvalue weighted by atomic mass is 32.1. The second-order valence-corrected chi connectivity index (χ2v) is 7.65. The minimum absolute atomic E-state index is 0.0754. The molecule has 152 valence electrons. The van der Waals surface area contributed by atoms with Gasteiger partial charge in [-0.05, 0) is 42.3 Å². The number of nitrogens with zero attached hydrogens (tertiary/aromatic N) is 1. The van der Waals surface area contributed by atoms with Gasteiger partial charge in [0, 0.05) is 12.1 Å². The van der Waals surface area contributed by atoms with Gasteiger partial charge < -0.3 is 20.4 Å². The average molecular weight is 420 g/mol. The van der Waals surface area contributed by atoms with Gasteiger partial charge in [-0.3, -0.25) is 4.79 Å². The zero-order chi connectivity index (χ0) is 20.8. The van der Waals surface area contributed by atoms with E-state index < -0.39 is 0 Å². The first-order valence-corrected chi connectivity index (χ1v) is 10.3. The average Bonchev–Trinajstić information content (AvgIpc) is 3.40. The molecule has 0 atom stereocenters. The molecule has 2 aromatic heterocycles. The summed E-state index contributed by atoms with van der Waals surface area (Å²) in [5.74, 6) is 0.601. The predicted molar refractivity (Wildman–Crippen MR) is 118 cm³/mol. The highest BCUT2D eigenvalue weighted by Crippen LogP contribution is 2.28. The van der Waals surface area contributed by atoms with Crippen molar-refractivity contribution in [3.05, 3.63) is 78.3 Å². The van der Waals surface area contributed by atoms with E-state index in [4.69, 9.17) is 4.42 Å². The predicted octanol–water partition coefficient (Wildman–Crippen LogP) is 4.78. The molecular formula is C22H20N4O3S. The lowest BCUT2D eigenvalue weighted by Crippen LogP contribution is -2.27. The summed E-state index contributed by atoms with van der Waals surface area (Å²) in [5.41, 5.74) is 2.53. The van der Waals surface area contributed by atoms with Gasteiger partial charge in [-0.25, -0.2) is 9.78 Å². The van der Waals surface area contributed by atoms with Crippen LogP contribution in [0.1, 0.15) is 17.7 Å². The van der Waals surface area contributed by atoms with Crippen LogP contribution in [0.2, 0.25) is 0 Å². The molecule has 3 N–H and O–H groups in total. The van der Waals surface area contributed by atoms with Crippen LogP contribution in [0.25, 0.3) is 10.2 Å². The Bertz CT molecular complexity index is 1140. The largest absolute Gasteiger partial charge is 0.467 e. The van der Waals surface area contributed by atoms with Crippen molar-refractivity contribution in [1.29, 1.82) is 0 Å². The fourth-order valence-corrected chi connectivity index (χ4v) is 3.82. The van der Waals surface area contributed by atoms with Crippen molar-refractivity contribution in [3.8, 4) is 0 Å². The third-order valence-corrected chi connectivity index (χ3v) is 5.31. The van der Waals surface area contributed by atoms with Crippen molar-refractivity contribution in [2.24, 2.45) is 0 Å². The van der Waals surface area contributed by atoms with Crippen LogP contribution in [0.4, 0.5) is 15.6 Å². The molecule has 30 heavy (non-hydrogen) atoms. The number of anilines is 2. The standard InChI is InChI=1S/C22H20N4O3S/c27-20(11-8-15-5-2-1-3-6-15)26-22-25-18-10-9-16(13-19(18)30-22)24-21(28)23-14-17-7-4-12-29-17/h1-7,9-10,12-13H,8,11,14H2,(H2,23,24,28)(H,25,26,27). The van der Waals surface area contributed by atoms with E-state index in [9.17, 15) is 9.59 Å². The lowest BCUT2D eigenvalue weighted by atomic mass is 10.1. The van der Waals surface area contributed by atoms with Crippen LogP contribution in [0.15, 0.2) is 71.3 Å². The number of hydrogen-bond acceptors (Lipinski definition) is 5. The van der Waals surface area contributed by atoms with Gasteiger partial charge in [-0.15, -0.1) is 0 Å². The first-order valence-electron chi connectivity index (χ1n) is 9.47. The lowest BCUT2D eigenvalue weighted by molar-refractivity contribution is -0.116. The quantitative estimate of drug-likeness (QED) is 0.401. The van der Waals surface area contributed by atoms with Gasteiger partial charge in [-0.2, -0.15) is 0 Å². The number of benzene rings is 2. The SMILES string of the molecule is O=C(CCc1ccccc1)Nc1nc2ccc(NC(=O)NCc3ccco3)cc2s1. The van der Waals surface area contributed by atoms with E-state index in [0.717, 1.165) is 15.8 Å². The lowest BCUT2D eigenvalue weighted by Gasteiger charge is -2.06. The highest BCUT2D eigenvalue weighted by molar-refractivity contribution is 7.22. The highest BCUT2D eigenvalue weighted by Gasteiger charge is 2.10. The fourth-order valence-electron chi connectivity index (χ4n) is 2.90. The number of urea groups is 1. The Balaban J connectivity index is 1.32. The number of carbonyl (C=O) groups is 2. The number of nitrogens with one attached hydrogen (secondary N) is 3. The van der Waals surface area contributed by atoms with E-state index in [1.807, 2.05) is 42.5 Å². The van der Waals surface area contributed by atoms with Crippen LogP contribution >= 0.6 is 11.3 Å². The topological polar surface area (TPSA) is 96.3 Å². The maximum absolute atomic E-state index is 12.2. The summed E-state index contributed by atoms with van der Waals surface area (Å²) in [6.07, 6.45) is 2.63. The number of thiazole rings is 1. The van der Waals surface area contributed by atoms with E-state index in [1.165, 1.54) is 11.3 Å². The Labute approximate surface area is 177 Å². The van der Waals surface area contributed by atoms with Crippen LogP contribution in [0.5, 0.6) is 0 Å². The molecule has 2 heterocycles. The molecule has 0 radical (unpaired) electrons. The van der Waals surface area contributed by atoms with E-state index in [-0.39, 0.29) is 11.9 Å². The monoisotopic (exact) mass is 420 g/mol. The number of aromatic nitrogens is 1. The van der Waals surface area contributed by atoms with Gasteiger partial charge in [0.15, 0.2) is 5.13 Å². The minimum atomic E-state index is -0.329. The zero-order valence-corrected chi connectivity index (χ0v) is 16.9. The van der Waals surface area contributed by atoms with Crippen molar-refractivity contribution >= 4 is 44.3 Å². The maximum Gasteiger partial charge on any atom is 0.319 e. The number of hydrogen-bond donors (Lipinski definition) is 3. The second kappa shape index (κ2) is 9.23. The number of rotatable bonds is 7. The second-order valence-electron chi connectivity index (χ2n) is 6.62. The van der Waals surface area contributed by atoms with Crippen molar-refractivity contribution < 1.29 is 14.0 Å². The Morgan fingerprint density at radius 3 is 2.67 bits per heavy atom. The summed E-state index contributed by atoms with van der Waals surface area (Å²) in [6.45, 7) is 0.306. The van der Waals surface area contributed by atoms with Gasteiger partial charge in [0.05, 0.1) is 23.0 Å². The molecule has 0 aliphatic heterocycles. The molecular weight excluding hydrogens is 400 g/mol. The van der Waals surface area contributed by atoms with Crippen molar-refractivity contribution in [2.75, 3.05) is 10.6 Å². The number of furan rings is 1. The molecule has 2 aromatic carbocycles. The molecule has 0 saturated heterocycles. The van der Waals surface area contributed by atoms with Gasteiger partial charge in [0.2, 0.25) is 5.91 Å². The van der Waals surface area contributed by atoms with Gasteiger partial charge in [-0.1, -0.05) is 41.7 Å². The first kappa shape index (κ1) is 19.7. The summed E-state index contributed by atoms with van der Waals surface area (Å²) in [4.78, 5) is 28.7. The third-order valence-electron chi connectivity index (χ3n) is 4.38. The minimum Gasteiger partial charge on any atom is -0.467 e. The maximum atomic E-state index is 12.2. The Hall–Kier alpha value is -3.65. The molecule has 0 spiro atoms. The van der Waals surface area contributed by atoms with Crippen molar-refractivity contribution in [1.82, 2.24) is 10.3 Å². The van der Waals surface area contributed by atoms with Crippen LogP contribution in [-0.2, 0) is 17.8 Å². The zero-order valence-electron chi connectivity index (χ0n) is 16.1. The molecule has 0 aliphatic rings. The number of amides is 3. The third kappa shape index (κ3) is 5.24. The Morgan fingerprint density at radius 2 is 1.87 bits per heavy atom. The van der Waals surface area contributed by atoms with E-state index in [0.29, 0.717) is 36.0 Å². The van der Waals surface area contributed by atoms with Crippen molar-refractivity contribution in [3.63, 3.8) is 0 Å². The van der Waals surface area contributed by atoms with Crippen LogP contribution in [-0.4, -0.2) is 16.9 Å². The smallest absolute Gasteiger partial charge is 0.319 e. The molecule has 0 aliphatic carbocycles. The molecule has 4 aromatic rings. The Kier molecular flexibility index (Phi) is 6.05. The van der Waals surface area contributed by atoms with Gasteiger partial charge in [0.25, 0.3) is 0 Å². The summed E-state index contributed by atoms with van der Waals surface area (Å²) in [6, 6.07) is 18.5. The Morgan fingerprint density at radius 1 is 1.00 bits per heavy atom. The van der Waals surface area contributed by atoms with Crippen LogP contribution in [0, 0.1) is 0 Å². The molecule has 0 unspecified atom stereocenters. The summed E-state index contributed by atoms with van der Waals surface area (Å²) in [7, 11) is 0. The summed E-state index contributed by atoms with van der Waals surface area (Å²) >= 11 is 1.37. The normalized spacial score (nSPS) is 10.7. The molecule has 4 rings (SSSR count). The van der Waals surface area contributed by atoms with Crippen molar-refractivity contribution in [2.45, 2.75) is 19.4 Å². The summed E-state index contributed by atoms with van der Waals surface area (Å²) in [5, 5.41) is 8.91. The number of aryl methyl sites for hydroxylation is 1. The first-order chi connectivity index (χ1) is 14.7. The van der Waals surface area contributed by atoms with E-state index >= 15 is 0 Å². The molecule has 3 amide bonds. The molecule has 0 saturated carbocycles. The van der Waals surface area contributed by atoms with Crippen LogP contribution < -0.4 is 16.0 Å². The van der Waals surface area contributed by atoms with Gasteiger partial charge in [0.1, 0.15) is 5.76 Å². The molecule has 8 heteroatoms. The van der Waals surface area contributed by atoms with E-state index in [2.05, 4.69) is 20.9 Å².